The zero-order valence-corrected chi connectivity index (χ0v) is 22.0. The summed E-state index contributed by atoms with van der Waals surface area (Å²) in [5.41, 5.74) is -10.2. The SMILES string of the molecule is C[C@@]12C[C@H]3OC(=O)[C@@H]1CO[C@]14O[C@@]5([C@H]2C1=O)[C@@]3(C)OC(=O)[C@@]5(O)CC[C@H]1[C@H]4[C@H](O)C[C@@]2(O)CC=CC(=O)[C@]12C. The van der Waals surface area contributed by atoms with E-state index in [0.29, 0.717) is 0 Å². The minimum atomic E-state index is -2.34. The van der Waals surface area contributed by atoms with Gasteiger partial charge in [-0.25, -0.2) is 4.79 Å². The molecule has 5 bridgehead atoms. The second kappa shape index (κ2) is 6.49. The number of aliphatic hydroxyl groups excluding tert-OH is 1. The molecule has 3 aliphatic carbocycles. The Bertz CT molecular complexity index is 1330. The molecule has 0 amide bonds. The Labute approximate surface area is 223 Å². The average Bonchev–Trinajstić information content (AvgIpc) is 3.17. The number of ether oxygens (including phenoxy) is 4. The van der Waals surface area contributed by atoms with Crippen molar-refractivity contribution in [2.24, 2.45) is 34.5 Å². The smallest absolute Gasteiger partial charge is 0.342 e. The molecule has 0 unspecified atom stereocenters. The van der Waals surface area contributed by atoms with Gasteiger partial charge in [-0.15, -0.1) is 0 Å². The van der Waals surface area contributed by atoms with Crippen LogP contribution in [0, 0.1) is 34.5 Å². The summed E-state index contributed by atoms with van der Waals surface area (Å²) in [5, 5.41) is 35.9. The summed E-state index contributed by atoms with van der Waals surface area (Å²) in [6.07, 6.45) is 0.531. The minimum absolute atomic E-state index is 0.00259. The third-order valence-electron chi connectivity index (χ3n) is 12.6. The topological polar surface area (TPSA) is 166 Å². The molecule has 5 aliphatic heterocycles. The third-order valence-corrected chi connectivity index (χ3v) is 12.6. The highest BCUT2D eigenvalue weighted by atomic mass is 16.8. The van der Waals surface area contributed by atoms with Crippen molar-refractivity contribution in [1.82, 2.24) is 0 Å². The van der Waals surface area contributed by atoms with Crippen LogP contribution in [0.25, 0.3) is 0 Å². The molecule has 13 atom stereocenters. The van der Waals surface area contributed by atoms with Crippen LogP contribution in [0.2, 0.25) is 0 Å². The van der Waals surface area contributed by atoms with E-state index >= 15 is 0 Å². The quantitative estimate of drug-likeness (QED) is 0.344. The Hall–Kier alpha value is -2.18. The highest BCUT2D eigenvalue weighted by Gasteiger charge is 2.93. The summed E-state index contributed by atoms with van der Waals surface area (Å²) in [6.45, 7) is 4.68. The van der Waals surface area contributed by atoms with Crippen molar-refractivity contribution in [3.8, 4) is 0 Å². The molecule has 0 aromatic carbocycles. The van der Waals surface area contributed by atoms with E-state index in [-0.39, 0.29) is 44.5 Å². The lowest BCUT2D eigenvalue weighted by molar-refractivity contribution is -0.385. The van der Waals surface area contributed by atoms with E-state index in [1.54, 1.807) is 19.9 Å². The summed E-state index contributed by atoms with van der Waals surface area (Å²) >= 11 is 0. The molecule has 5 saturated heterocycles. The summed E-state index contributed by atoms with van der Waals surface area (Å²) < 4.78 is 24.8. The number of hydrogen-bond acceptors (Lipinski definition) is 11. The van der Waals surface area contributed by atoms with Gasteiger partial charge in [0.25, 0.3) is 0 Å². The van der Waals surface area contributed by atoms with Crippen LogP contribution in [0.5, 0.6) is 0 Å². The van der Waals surface area contributed by atoms with E-state index in [0.717, 1.165) is 0 Å². The van der Waals surface area contributed by atoms with Gasteiger partial charge in [0.2, 0.25) is 5.79 Å². The van der Waals surface area contributed by atoms with Gasteiger partial charge in [-0.1, -0.05) is 13.0 Å². The maximum absolute atomic E-state index is 14.9. The van der Waals surface area contributed by atoms with E-state index in [2.05, 4.69) is 0 Å². The summed E-state index contributed by atoms with van der Waals surface area (Å²) in [4.78, 5) is 55.5. The predicted molar refractivity (Wildman–Crippen MR) is 125 cm³/mol. The van der Waals surface area contributed by atoms with Gasteiger partial charge >= 0.3 is 11.9 Å². The number of hydrogen-bond donors (Lipinski definition) is 3. The van der Waals surface area contributed by atoms with E-state index in [9.17, 15) is 34.5 Å². The monoisotopic (exact) mass is 544 g/mol. The zero-order chi connectivity index (χ0) is 27.8. The van der Waals surface area contributed by atoms with E-state index < -0.39 is 92.6 Å². The molecular formula is C28H32O11. The van der Waals surface area contributed by atoms with Crippen molar-refractivity contribution < 1.29 is 53.4 Å². The molecule has 0 aromatic heterocycles. The highest BCUT2D eigenvalue weighted by molar-refractivity contribution is 6.00. The lowest BCUT2D eigenvalue weighted by atomic mass is 9.46. The Morgan fingerprint density at radius 2 is 1.79 bits per heavy atom. The first-order valence-corrected chi connectivity index (χ1v) is 13.8. The maximum atomic E-state index is 14.9. The first-order chi connectivity index (χ1) is 18.2. The highest BCUT2D eigenvalue weighted by Crippen LogP contribution is 2.75. The van der Waals surface area contributed by atoms with Gasteiger partial charge in [-0.05, 0) is 56.9 Å². The van der Waals surface area contributed by atoms with Crippen LogP contribution in [0.15, 0.2) is 12.2 Å². The Balaban J connectivity index is 1.44. The number of rotatable bonds is 0. The average molecular weight is 545 g/mol. The largest absolute Gasteiger partial charge is 0.458 e. The Morgan fingerprint density at radius 3 is 2.54 bits per heavy atom. The van der Waals surface area contributed by atoms with Crippen molar-refractivity contribution in [3.63, 3.8) is 0 Å². The number of ketones is 2. The van der Waals surface area contributed by atoms with Crippen LogP contribution in [0.4, 0.5) is 0 Å². The lowest BCUT2D eigenvalue weighted by Crippen LogP contribution is -2.79. The molecule has 5 heterocycles. The van der Waals surface area contributed by atoms with E-state index in [1.165, 1.54) is 13.0 Å². The summed E-state index contributed by atoms with van der Waals surface area (Å²) in [6, 6.07) is 0. The molecule has 2 saturated carbocycles. The van der Waals surface area contributed by atoms with Crippen molar-refractivity contribution >= 4 is 23.5 Å². The molecule has 8 rings (SSSR count). The van der Waals surface area contributed by atoms with E-state index in [4.69, 9.17) is 18.9 Å². The third kappa shape index (κ3) is 2.13. The van der Waals surface area contributed by atoms with Gasteiger partial charge < -0.3 is 34.3 Å². The molecule has 8 aliphatic rings. The normalized spacial score (nSPS) is 62.0. The Morgan fingerprint density at radius 1 is 1.05 bits per heavy atom. The summed E-state index contributed by atoms with van der Waals surface area (Å²) in [7, 11) is 0. The van der Waals surface area contributed by atoms with Crippen molar-refractivity contribution in [2.45, 2.75) is 93.3 Å². The standard InChI is InChI=1S/C28H32O11/c1-22-10-16-24(3)28-18(22)19(31)27(39-28,36-11-13(22)20(32)37-16)17-12(6-8-26(28,35)21(33)38-24)23(2)15(30)5-4-7-25(23,34)9-14(17)29/h4-5,12-14,16-18,29,34-35H,6-11H2,1-3H3/t12-,13-,14+,16+,17-,18-,22+,23-,24-,25-,26-,27+,28-/m0/s1. The maximum Gasteiger partial charge on any atom is 0.342 e. The fraction of sp³-hybridized carbons (Fsp3) is 0.786. The molecule has 2 spiro atoms. The molecule has 11 heteroatoms. The number of fused-ring (bicyclic) bond motifs is 5. The Kier molecular flexibility index (Phi) is 4.09. The van der Waals surface area contributed by atoms with Gasteiger partial charge in [0, 0.05) is 6.42 Å². The number of esters is 2. The predicted octanol–water partition coefficient (Wildman–Crippen LogP) is -0.277. The van der Waals surface area contributed by atoms with Crippen LogP contribution >= 0.6 is 0 Å². The second-order valence-electron chi connectivity index (χ2n) is 13.8. The fourth-order valence-electron chi connectivity index (χ4n) is 10.6. The van der Waals surface area contributed by atoms with Gasteiger partial charge in [-0.3, -0.25) is 14.4 Å². The van der Waals surface area contributed by atoms with Gasteiger partial charge in [0.05, 0.1) is 41.5 Å². The minimum Gasteiger partial charge on any atom is -0.458 e. The second-order valence-corrected chi connectivity index (χ2v) is 13.8. The lowest BCUT2D eigenvalue weighted by Gasteiger charge is -2.64. The van der Waals surface area contributed by atoms with Crippen LogP contribution in [-0.2, 0) is 38.1 Å². The van der Waals surface area contributed by atoms with Crippen molar-refractivity contribution in [3.05, 3.63) is 12.2 Å². The fourth-order valence-corrected chi connectivity index (χ4v) is 10.6. The molecule has 3 N–H and O–H groups in total. The van der Waals surface area contributed by atoms with Gasteiger partial charge in [0.1, 0.15) is 6.10 Å². The number of aliphatic hydroxyl groups is 3. The molecule has 11 nitrogen and oxygen atoms in total. The molecule has 39 heavy (non-hydrogen) atoms. The van der Waals surface area contributed by atoms with Crippen molar-refractivity contribution in [2.75, 3.05) is 6.61 Å². The van der Waals surface area contributed by atoms with Gasteiger partial charge in [-0.2, -0.15) is 0 Å². The molecule has 0 radical (unpaired) electrons. The number of carbonyl (C=O) groups excluding carboxylic acids is 4. The first-order valence-electron chi connectivity index (χ1n) is 13.8. The number of allylic oxidation sites excluding steroid dienone is 1. The molecule has 7 fully saturated rings. The summed E-state index contributed by atoms with van der Waals surface area (Å²) in [5.74, 6) is -8.83. The first kappa shape index (κ1) is 24.6. The van der Waals surface area contributed by atoms with Crippen LogP contribution in [-0.4, -0.2) is 85.8 Å². The molecule has 210 valence electrons. The zero-order valence-electron chi connectivity index (χ0n) is 22.0. The number of Topliss-reactive ketones (excluding diaryl/α,β-unsaturated/α-hetero) is 1. The van der Waals surface area contributed by atoms with Crippen molar-refractivity contribution in [1.29, 1.82) is 0 Å². The molecular weight excluding hydrogens is 512 g/mol. The molecule has 0 aromatic rings. The number of carbonyl (C=O) groups is 4. The van der Waals surface area contributed by atoms with E-state index in [1.807, 2.05) is 0 Å². The van der Waals surface area contributed by atoms with Crippen LogP contribution in [0.3, 0.4) is 0 Å². The van der Waals surface area contributed by atoms with Crippen LogP contribution in [0.1, 0.15) is 52.9 Å². The van der Waals surface area contributed by atoms with Gasteiger partial charge in [0.15, 0.2) is 28.4 Å². The van der Waals surface area contributed by atoms with Crippen LogP contribution < -0.4 is 0 Å².